The zero-order valence-corrected chi connectivity index (χ0v) is 8.25. The van der Waals surface area contributed by atoms with E-state index in [2.05, 4.69) is 0 Å². The first-order valence-corrected chi connectivity index (χ1v) is 1.77. The van der Waals surface area contributed by atoms with Crippen molar-refractivity contribution in [3.05, 3.63) is 12.2 Å². The molecule has 0 atom stereocenters. The van der Waals surface area contributed by atoms with Gasteiger partial charge < -0.3 is 16.4 Å². The molecule has 0 amide bonds. The van der Waals surface area contributed by atoms with Gasteiger partial charge in [-0.3, -0.25) is 0 Å². The molecule has 0 saturated carbocycles. The summed E-state index contributed by atoms with van der Waals surface area (Å²) in [5.41, 5.74) is 0. The Hall–Kier alpha value is -0.737. The molecule has 0 aromatic heterocycles. The van der Waals surface area contributed by atoms with Crippen molar-refractivity contribution in [1.29, 1.82) is 0 Å². The van der Waals surface area contributed by atoms with Crippen molar-refractivity contribution in [2.45, 2.75) is 0 Å². The Kier molecular flexibility index (Phi) is 13.3. The third-order valence-corrected chi connectivity index (χ3v) is 0.368. The number of aliphatic carboxylic acids is 2. The summed E-state index contributed by atoms with van der Waals surface area (Å²) in [6, 6.07) is 0. The minimum atomic E-state index is -1.26. The van der Waals surface area contributed by atoms with Crippen LogP contribution in [0.5, 0.6) is 0 Å². The summed E-state index contributed by atoms with van der Waals surface area (Å²) < 4.78 is 0. The molecule has 5 N–H and O–H groups in total. The Labute approximate surface area is 70.1 Å². The number of carboxylic acids is 2. The van der Waals surface area contributed by atoms with Crippen molar-refractivity contribution in [2.24, 2.45) is 0 Å². The fourth-order valence-electron chi connectivity index (χ4n) is 0.143. The van der Waals surface area contributed by atoms with E-state index in [1.165, 1.54) is 0 Å². The summed E-state index contributed by atoms with van der Waals surface area (Å²) in [7, 11) is 0. The van der Waals surface area contributed by atoms with Gasteiger partial charge in [0.05, 0.1) is 0 Å². The molecule has 0 rings (SSSR count). The summed E-state index contributed by atoms with van der Waals surface area (Å²) in [5.74, 6) is -2.51. The minimum Gasteiger partial charge on any atom is -0.478 e. The first-order chi connectivity index (χ1) is 3.63. The van der Waals surface area contributed by atoms with Crippen LogP contribution in [0.1, 0.15) is 0 Å². The molecule has 0 unspecified atom stereocenters. The molecule has 10 heavy (non-hydrogen) atoms. The molecule has 0 aliphatic rings. The molecule has 0 aliphatic heterocycles. The summed E-state index contributed by atoms with van der Waals surface area (Å²) in [6.45, 7) is 0. The maximum atomic E-state index is 9.55. The molecule has 0 aromatic rings. The number of carboxylic acid groups (broad SMARTS) is 2. The van der Waals surface area contributed by atoms with E-state index < -0.39 is 11.9 Å². The number of carbonyl (C=O) groups is 2. The minimum absolute atomic E-state index is 0. The van der Waals surface area contributed by atoms with E-state index in [0.29, 0.717) is 12.2 Å². The van der Waals surface area contributed by atoms with Crippen LogP contribution >= 0.6 is 0 Å². The quantitative estimate of drug-likeness (QED) is 0.423. The van der Waals surface area contributed by atoms with Gasteiger partial charge in [-0.25, -0.2) is 9.59 Å². The molecule has 0 spiro atoms. The first-order valence-electron chi connectivity index (χ1n) is 1.77. The van der Waals surface area contributed by atoms with Crippen LogP contribution in [0.15, 0.2) is 12.2 Å². The van der Waals surface area contributed by atoms with Crippen molar-refractivity contribution >= 4 is 11.9 Å². The molecular weight excluding hydrogens is 191 g/mol. The van der Waals surface area contributed by atoms with Crippen LogP contribution < -0.4 is 6.15 Å². The van der Waals surface area contributed by atoms with E-state index in [0.717, 1.165) is 0 Å². The van der Waals surface area contributed by atoms with E-state index in [1.54, 1.807) is 0 Å². The summed E-state index contributed by atoms with van der Waals surface area (Å²) in [6.07, 6.45) is 1.12. The molecule has 54 valence electrons. The average Bonchev–Trinajstić information content (AvgIpc) is 1.61. The Bertz CT molecular complexity index is 128. The summed E-state index contributed by atoms with van der Waals surface area (Å²) in [5, 5.41) is 15.6. The van der Waals surface area contributed by atoms with Gasteiger partial charge in [0.25, 0.3) is 0 Å². The van der Waals surface area contributed by atoms with E-state index in [-0.39, 0.29) is 25.6 Å². The molecule has 0 fully saturated rings. The molecule has 0 bridgehead atoms. The van der Waals surface area contributed by atoms with E-state index >= 15 is 0 Å². The van der Waals surface area contributed by atoms with Crippen molar-refractivity contribution < 1.29 is 39.3 Å². The third kappa shape index (κ3) is 15.7. The second-order valence-corrected chi connectivity index (χ2v) is 1.01. The second kappa shape index (κ2) is 8.26. The van der Waals surface area contributed by atoms with Crippen LogP contribution in [-0.2, 0) is 29.1 Å². The van der Waals surface area contributed by atoms with Crippen molar-refractivity contribution in [1.82, 2.24) is 6.15 Å². The van der Waals surface area contributed by atoms with Crippen LogP contribution in [0.3, 0.4) is 0 Å². The van der Waals surface area contributed by atoms with Crippen molar-refractivity contribution in [3.63, 3.8) is 0 Å². The Morgan fingerprint density at radius 1 is 1.00 bits per heavy atom. The van der Waals surface area contributed by atoms with Crippen molar-refractivity contribution in [2.75, 3.05) is 0 Å². The molecule has 5 nitrogen and oxygen atoms in total. The SMILES string of the molecule is N.O=C(O)C=CC(=O)O.[Zn]. The Morgan fingerprint density at radius 3 is 1.30 bits per heavy atom. The molecule has 0 saturated heterocycles. The third-order valence-electron chi connectivity index (χ3n) is 0.368. The van der Waals surface area contributed by atoms with Crippen LogP contribution in [0.4, 0.5) is 0 Å². The smallest absolute Gasteiger partial charge is 0.328 e. The van der Waals surface area contributed by atoms with Gasteiger partial charge in [0, 0.05) is 31.6 Å². The van der Waals surface area contributed by atoms with Crippen LogP contribution in [0, 0.1) is 0 Å². The normalized spacial score (nSPS) is 7.60. The summed E-state index contributed by atoms with van der Waals surface area (Å²) >= 11 is 0. The van der Waals surface area contributed by atoms with Gasteiger partial charge in [-0.2, -0.15) is 0 Å². The Morgan fingerprint density at radius 2 is 1.20 bits per heavy atom. The van der Waals surface area contributed by atoms with E-state index in [4.69, 9.17) is 10.2 Å². The van der Waals surface area contributed by atoms with Gasteiger partial charge >= 0.3 is 11.9 Å². The topological polar surface area (TPSA) is 110 Å². The predicted molar refractivity (Wildman–Crippen MR) is 29.4 cm³/mol. The monoisotopic (exact) mass is 197 g/mol. The van der Waals surface area contributed by atoms with Gasteiger partial charge in [0.2, 0.25) is 0 Å². The van der Waals surface area contributed by atoms with Gasteiger partial charge in [0.1, 0.15) is 0 Å². The molecule has 0 aliphatic carbocycles. The van der Waals surface area contributed by atoms with Gasteiger partial charge in [-0.15, -0.1) is 0 Å². The molecular formula is C4H7NO4Zn. The van der Waals surface area contributed by atoms with Crippen molar-refractivity contribution in [3.8, 4) is 0 Å². The van der Waals surface area contributed by atoms with Gasteiger partial charge in [0.15, 0.2) is 0 Å². The molecule has 0 aromatic carbocycles. The molecule has 0 heterocycles. The second-order valence-electron chi connectivity index (χ2n) is 1.01. The zero-order valence-electron chi connectivity index (χ0n) is 5.28. The maximum absolute atomic E-state index is 9.55. The number of hydrogen-bond donors (Lipinski definition) is 3. The van der Waals surface area contributed by atoms with Gasteiger partial charge in [-0.05, 0) is 0 Å². The maximum Gasteiger partial charge on any atom is 0.328 e. The molecule has 0 radical (unpaired) electrons. The number of hydrogen-bond acceptors (Lipinski definition) is 3. The van der Waals surface area contributed by atoms with E-state index in [1.807, 2.05) is 0 Å². The predicted octanol–water partition coefficient (Wildman–Crippen LogP) is -0.129. The molecule has 6 heteroatoms. The standard InChI is InChI=1S/C4H4O4.H3N.Zn/c5-3(6)1-2-4(7)8;;/h1-2H,(H,5,6)(H,7,8);1H3;. The first kappa shape index (κ1) is 16.1. The Balaban J connectivity index is -0.000000245. The zero-order chi connectivity index (χ0) is 6.57. The fraction of sp³-hybridized carbons (Fsp3) is 0. The number of rotatable bonds is 2. The summed E-state index contributed by atoms with van der Waals surface area (Å²) in [4.78, 5) is 19.1. The average molecular weight is 198 g/mol. The van der Waals surface area contributed by atoms with Gasteiger partial charge in [-0.1, -0.05) is 0 Å². The largest absolute Gasteiger partial charge is 0.478 e. The fourth-order valence-corrected chi connectivity index (χ4v) is 0.143. The van der Waals surface area contributed by atoms with E-state index in [9.17, 15) is 9.59 Å². The van der Waals surface area contributed by atoms with Crippen LogP contribution in [0.25, 0.3) is 0 Å². The van der Waals surface area contributed by atoms with Crippen LogP contribution in [-0.4, -0.2) is 22.2 Å². The van der Waals surface area contributed by atoms with Crippen LogP contribution in [0.2, 0.25) is 0 Å².